The smallest absolute Gasteiger partial charge is 0.411 e. The van der Waals surface area contributed by atoms with Crippen LogP contribution in [-0.4, -0.2) is 33.7 Å². The number of amides is 2. The van der Waals surface area contributed by atoms with Crippen molar-refractivity contribution < 1.29 is 19.1 Å². The topological polar surface area (TPSA) is 67.9 Å². The summed E-state index contributed by atoms with van der Waals surface area (Å²) in [5, 5.41) is 2.78. The standard InChI is InChI=1S/C20H21IN2O4/c21-17-11-12-23(20(25)27-14-16-9-5-2-6-10-16)18(17)22-19(24)26-13-15-7-3-1-4-8-15/h1-10,17-18H,11-14H2,(H,22,24). The van der Waals surface area contributed by atoms with E-state index >= 15 is 0 Å². The van der Waals surface area contributed by atoms with Gasteiger partial charge in [-0.05, 0) is 17.5 Å². The minimum Gasteiger partial charge on any atom is -0.445 e. The van der Waals surface area contributed by atoms with Crippen molar-refractivity contribution in [1.82, 2.24) is 10.2 Å². The normalized spacial score (nSPS) is 18.8. The number of nitrogens with zero attached hydrogens (tertiary/aromatic N) is 1. The van der Waals surface area contributed by atoms with Crippen molar-refractivity contribution in [3.63, 3.8) is 0 Å². The molecule has 1 heterocycles. The lowest BCUT2D eigenvalue weighted by Gasteiger charge is -2.26. The van der Waals surface area contributed by atoms with Gasteiger partial charge >= 0.3 is 12.2 Å². The molecule has 0 aliphatic carbocycles. The highest BCUT2D eigenvalue weighted by Crippen LogP contribution is 2.24. The summed E-state index contributed by atoms with van der Waals surface area (Å²) in [7, 11) is 0. The minimum absolute atomic E-state index is 0.0937. The Balaban J connectivity index is 1.51. The first-order valence-corrected chi connectivity index (χ1v) is 9.96. The molecule has 1 aliphatic rings. The first-order valence-electron chi connectivity index (χ1n) is 8.72. The molecular formula is C20H21IN2O4. The first kappa shape index (κ1) is 19.5. The van der Waals surface area contributed by atoms with E-state index in [1.54, 1.807) is 4.90 Å². The maximum atomic E-state index is 12.4. The average Bonchev–Trinajstić information content (AvgIpc) is 3.06. The van der Waals surface area contributed by atoms with Crippen molar-refractivity contribution in [3.8, 4) is 0 Å². The zero-order valence-corrected chi connectivity index (χ0v) is 16.9. The van der Waals surface area contributed by atoms with Crippen LogP contribution in [0.15, 0.2) is 60.7 Å². The van der Waals surface area contributed by atoms with E-state index < -0.39 is 18.4 Å². The fraction of sp³-hybridized carbons (Fsp3) is 0.300. The number of likely N-dealkylation sites (tertiary alicyclic amines) is 1. The number of ether oxygens (including phenoxy) is 2. The molecule has 2 unspecified atom stereocenters. The predicted molar refractivity (Wildman–Crippen MR) is 109 cm³/mol. The summed E-state index contributed by atoms with van der Waals surface area (Å²) in [6.45, 7) is 0.919. The van der Waals surface area contributed by atoms with Crippen LogP contribution in [0.5, 0.6) is 0 Å². The molecule has 7 heteroatoms. The van der Waals surface area contributed by atoms with Crippen LogP contribution in [0.4, 0.5) is 9.59 Å². The lowest BCUT2D eigenvalue weighted by molar-refractivity contribution is 0.0827. The van der Waals surface area contributed by atoms with Gasteiger partial charge in [-0.25, -0.2) is 9.59 Å². The summed E-state index contributed by atoms with van der Waals surface area (Å²) in [6.07, 6.45) is -0.651. The quantitative estimate of drug-likeness (QED) is 0.518. The van der Waals surface area contributed by atoms with Crippen molar-refractivity contribution in [3.05, 3.63) is 71.8 Å². The number of alkyl carbamates (subject to hydrolysis) is 1. The van der Waals surface area contributed by atoms with Gasteiger partial charge in [0.25, 0.3) is 0 Å². The Labute approximate surface area is 172 Å². The monoisotopic (exact) mass is 480 g/mol. The number of benzene rings is 2. The lowest BCUT2D eigenvalue weighted by Crippen LogP contribution is -2.50. The Hall–Kier alpha value is -2.29. The second-order valence-electron chi connectivity index (χ2n) is 6.19. The van der Waals surface area contributed by atoms with Gasteiger partial charge in [0.05, 0.1) is 3.92 Å². The molecule has 0 spiro atoms. The van der Waals surface area contributed by atoms with E-state index in [0.717, 1.165) is 17.5 Å². The zero-order valence-electron chi connectivity index (χ0n) is 14.7. The number of carbonyl (C=O) groups excluding carboxylic acids is 2. The molecule has 0 saturated carbocycles. The average molecular weight is 480 g/mol. The molecule has 1 saturated heterocycles. The maximum absolute atomic E-state index is 12.4. The van der Waals surface area contributed by atoms with E-state index in [2.05, 4.69) is 27.9 Å². The number of carbonyl (C=O) groups is 2. The Morgan fingerprint density at radius 2 is 1.52 bits per heavy atom. The maximum Gasteiger partial charge on any atom is 0.411 e. The van der Waals surface area contributed by atoms with Crippen LogP contribution in [-0.2, 0) is 22.7 Å². The van der Waals surface area contributed by atoms with E-state index in [9.17, 15) is 9.59 Å². The van der Waals surface area contributed by atoms with Crippen molar-refractivity contribution >= 4 is 34.8 Å². The zero-order chi connectivity index (χ0) is 19.1. The molecule has 2 aromatic carbocycles. The molecule has 2 amide bonds. The Morgan fingerprint density at radius 1 is 0.963 bits per heavy atom. The molecule has 142 valence electrons. The van der Waals surface area contributed by atoms with Gasteiger partial charge in [-0.1, -0.05) is 83.3 Å². The molecule has 1 aliphatic heterocycles. The van der Waals surface area contributed by atoms with Crippen molar-refractivity contribution in [2.24, 2.45) is 0 Å². The molecule has 3 rings (SSSR count). The van der Waals surface area contributed by atoms with Gasteiger partial charge < -0.3 is 9.47 Å². The number of rotatable bonds is 5. The third kappa shape index (κ3) is 5.59. The molecule has 6 nitrogen and oxygen atoms in total. The van der Waals surface area contributed by atoms with Crippen molar-refractivity contribution in [1.29, 1.82) is 0 Å². The largest absolute Gasteiger partial charge is 0.445 e. The van der Waals surface area contributed by atoms with Gasteiger partial charge in [-0.15, -0.1) is 0 Å². The van der Waals surface area contributed by atoms with E-state index in [-0.39, 0.29) is 17.1 Å². The number of hydrogen-bond donors (Lipinski definition) is 1. The molecule has 0 radical (unpaired) electrons. The van der Waals surface area contributed by atoms with Gasteiger partial charge in [-0.3, -0.25) is 10.2 Å². The molecule has 1 fully saturated rings. The molecular weight excluding hydrogens is 459 g/mol. The van der Waals surface area contributed by atoms with E-state index in [1.807, 2.05) is 60.7 Å². The second kappa shape index (κ2) is 9.59. The Morgan fingerprint density at radius 3 is 2.11 bits per heavy atom. The van der Waals surface area contributed by atoms with Gasteiger partial charge in [0.1, 0.15) is 19.4 Å². The fourth-order valence-electron chi connectivity index (χ4n) is 2.82. The van der Waals surface area contributed by atoms with E-state index in [4.69, 9.17) is 9.47 Å². The second-order valence-corrected chi connectivity index (χ2v) is 7.79. The Kier molecular flexibility index (Phi) is 6.92. The van der Waals surface area contributed by atoms with Crippen molar-refractivity contribution in [2.75, 3.05) is 6.54 Å². The molecule has 1 N–H and O–H groups in total. The van der Waals surface area contributed by atoms with Gasteiger partial charge in [0.2, 0.25) is 0 Å². The number of alkyl halides is 1. The number of nitrogens with one attached hydrogen (secondary N) is 1. The van der Waals surface area contributed by atoms with Gasteiger partial charge in [0.15, 0.2) is 0 Å². The summed E-state index contributed by atoms with van der Waals surface area (Å²) < 4.78 is 10.8. The summed E-state index contributed by atoms with van der Waals surface area (Å²) >= 11 is 2.24. The molecule has 0 bridgehead atoms. The van der Waals surface area contributed by atoms with Crippen LogP contribution >= 0.6 is 22.6 Å². The van der Waals surface area contributed by atoms with Crippen LogP contribution in [0.1, 0.15) is 17.5 Å². The fourth-order valence-corrected chi connectivity index (χ4v) is 3.66. The van der Waals surface area contributed by atoms with Crippen LogP contribution < -0.4 is 5.32 Å². The summed E-state index contributed by atoms with van der Waals surface area (Å²) in [5.74, 6) is 0. The third-order valence-corrected chi connectivity index (χ3v) is 5.55. The molecule has 2 atom stereocenters. The van der Waals surface area contributed by atoms with Crippen LogP contribution in [0, 0.1) is 0 Å². The summed E-state index contributed by atoms with van der Waals surface area (Å²) in [5.41, 5.74) is 1.83. The van der Waals surface area contributed by atoms with Crippen LogP contribution in [0.2, 0.25) is 0 Å². The summed E-state index contributed by atoms with van der Waals surface area (Å²) in [4.78, 5) is 26.1. The lowest BCUT2D eigenvalue weighted by atomic mass is 10.2. The highest BCUT2D eigenvalue weighted by Gasteiger charge is 2.38. The minimum atomic E-state index is -0.548. The molecule has 0 aromatic heterocycles. The van der Waals surface area contributed by atoms with Crippen LogP contribution in [0.3, 0.4) is 0 Å². The van der Waals surface area contributed by atoms with E-state index in [0.29, 0.717) is 6.54 Å². The van der Waals surface area contributed by atoms with E-state index in [1.165, 1.54) is 0 Å². The highest BCUT2D eigenvalue weighted by molar-refractivity contribution is 14.1. The van der Waals surface area contributed by atoms with Gasteiger partial charge in [-0.2, -0.15) is 0 Å². The Bertz CT molecular complexity index is 757. The van der Waals surface area contributed by atoms with Gasteiger partial charge in [0, 0.05) is 6.54 Å². The summed E-state index contributed by atoms with van der Waals surface area (Å²) in [6, 6.07) is 19.0. The molecule has 27 heavy (non-hydrogen) atoms. The SMILES string of the molecule is O=C(NC1C(I)CCN1C(=O)OCc1ccccc1)OCc1ccccc1. The highest BCUT2D eigenvalue weighted by atomic mass is 127. The number of halogens is 1. The predicted octanol–water partition coefficient (Wildman–Crippen LogP) is 4.09. The number of hydrogen-bond acceptors (Lipinski definition) is 4. The molecule has 2 aromatic rings. The first-order chi connectivity index (χ1) is 13.1. The van der Waals surface area contributed by atoms with Crippen LogP contribution in [0.25, 0.3) is 0 Å². The van der Waals surface area contributed by atoms with Crippen molar-refractivity contribution in [2.45, 2.75) is 29.7 Å². The third-order valence-electron chi connectivity index (χ3n) is 4.24.